The maximum Gasteiger partial charge on any atom is 0.257 e. The summed E-state index contributed by atoms with van der Waals surface area (Å²) in [6.45, 7) is 4.08. The van der Waals surface area contributed by atoms with Crippen molar-refractivity contribution in [2.45, 2.75) is 44.7 Å². The summed E-state index contributed by atoms with van der Waals surface area (Å²) in [6.07, 6.45) is 11.0. The molecular weight excluding hydrogens is 555 g/mol. The van der Waals surface area contributed by atoms with Crippen LogP contribution in [0.25, 0.3) is 0 Å². The molecule has 2 aromatic heterocycles. The zero-order chi connectivity index (χ0) is 28.9. The average molecular weight is 591 g/mol. The number of likely N-dealkylation sites (tertiary alicyclic amines) is 1. The van der Waals surface area contributed by atoms with E-state index in [0.717, 1.165) is 29.8 Å². The normalized spacial score (nSPS) is 16.9. The molecule has 1 atom stereocenters. The number of carbonyl (C=O) groups excluding carboxylic acids is 2. The van der Waals surface area contributed by atoms with Gasteiger partial charge in [0.25, 0.3) is 5.91 Å². The number of nitrogens with one attached hydrogen (secondary N) is 2. The van der Waals surface area contributed by atoms with Gasteiger partial charge in [0.2, 0.25) is 5.91 Å². The number of aromatic nitrogens is 3. The Morgan fingerprint density at radius 1 is 1.17 bits per heavy atom. The zero-order valence-electron chi connectivity index (χ0n) is 23.3. The van der Waals surface area contributed by atoms with E-state index in [9.17, 15) is 9.59 Å². The molecule has 1 unspecified atom stereocenters. The van der Waals surface area contributed by atoms with Crippen molar-refractivity contribution in [1.29, 1.82) is 0 Å². The first-order chi connectivity index (χ1) is 19.8. The molecule has 5 rings (SSSR count). The van der Waals surface area contributed by atoms with Crippen molar-refractivity contribution in [1.82, 2.24) is 24.8 Å². The van der Waals surface area contributed by atoms with E-state index in [1.54, 1.807) is 24.4 Å². The molecule has 1 saturated carbocycles. The van der Waals surface area contributed by atoms with Crippen molar-refractivity contribution in [2.75, 3.05) is 43.0 Å². The second kappa shape index (κ2) is 12.9. The van der Waals surface area contributed by atoms with E-state index in [-0.39, 0.29) is 17.9 Å². The second-order valence-electron chi connectivity index (χ2n) is 10.4. The van der Waals surface area contributed by atoms with Gasteiger partial charge in [-0.3, -0.25) is 19.8 Å². The molecule has 214 valence electrons. The zero-order valence-corrected chi connectivity index (χ0v) is 25.1. The van der Waals surface area contributed by atoms with E-state index in [1.165, 1.54) is 30.5 Å². The number of rotatable bonds is 11. The van der Waals surface area contributed by atoms with E-state index in [1.807, 2.05) is 23.1 Å². The van der Waals surface area contributed by atoms with E-state index in [4.69, 9.17) is 5.73 Å². The van der Waals surface area contributed by atoms with Crippen LogP contribution in [0.5, 0.6) is 0 Å². The number of carbonyl (C=O) groups is 2. The van der Waals surface area contributed by atoms with Gasteiger partial charge in [0.15, 0.2) is 5.13 Å². The first-order valence-electron chi connectivity index (χ1n) is 13.8. The van der Waals surface area contributed by atoms with Gasteiger partial charge in [-0.1, -0.05) is 25.1 Å². The highest BCUT2D eigenvalue weighted by Crippen LogP contribution is 2.27. The van der Waals surface area contributed by atoms with Crippen molar-refractivity contribution in [3.8, 4) is 0 Å². The van der Waals surface area contributed by atoms with E-state index >= 15 is 0 Å². The van der Waals surface area contributed by atoms with Crippen LogP contribution in [0, 0.1) is 0 Å². The topological polar surface area (TPSA) is 129 Å². The standard InChI is InChI=1S/C29H35N8O2PS/c1-3-22-15-31-29(41-22)35-28(39)19-8-6-18(7-9-19)25(40)24-26(30)32-17-33-27(24)34-20-12-14-37(16-20)23(38)5-4-13-36(2)21-10-11-21/h4-9,15,17,20-21,40H,3,10-14,16H2,1-2H3,(H,31,35,39)(H3,30,32,33,34)/b5-4+. The summed E-state index contributed by atoms with van der Waals surface area (Å²) < 4.78 is 0. The summed E-state index contributed by atoms with van der Waals surface area (Å²) >= 11 is 1.47. The third-order valence-corrected chi connectivity index (χ3v) is 8.95. The van der Waals surface area contributed by atoms with Crippen molar-refractivity contribution in [2.24, 2.45) is 0 Å². The van der Waals surface area contributed by atoms with Crippen LogP contribution in [0.15, 0.2) is 48.9 Å². The molecule has 0 radical (unpaired) electrons. The van der Waals surface area contributed by atoms with Crippen molar-refractivity contribution in [3.05, 3.63) is 70.5 Å². The monoisotopic (exact) mass is 590 g/mol. The highest BCUT2D eigenvalue weighted by Gasteiger charge is 2.28. The Hall–Kier alpha value is -3.66. The number of nitrogens with two attached hydrogens (primary N) is 1. The molecule has 1 aliphatic heterocycles. The van der Waals surface area contributed by atoms with Crippen LogP contribution >= 0.6 is 20.2 Å². The van der Waals surface area contributed by atoms with Gasteiger partial charge >= 0.3 is 0 Å². The van der Waals surface area contributed by atoms with Gasteiger partial charge < -0.3 is 16.0 Å². The largest absolute Gasteiger partial charge is 0.383 e. The van der Waals surface area contributed by atoms with E-state index < -0.39 is 0 Å². The van der Waals surface area contributed by atoms with Crippen molar-refractivity contribution in [3.63, 3.8) is 0 Å². The summed E-state index contributed by atoms with van der Waals surface area (Å²) in [4.78, 5) is 43.6. The molecule has 1 aliphatic carbocycles. The molecule has 1 saturated heterocycles. The van der Waals surface area contributed by atoms with Crippen molar-refractivity contribution < 1.29 is 9.59 Å². The Morgan fingerprint density at radius 2 is 1.93 bits per heavy atom. The lowest BCUT2D eigenvalue weighted by Crippen LogP contribution is -2.31. The van der Waals surface area contributed by atoms with E-state index in [2.05, 4.69) is 53.3 Å². The van der Waals surface area contributed by atoms with Gasteiger partial charge in [0.05, 0.1) is 5.56 Å². The lowest BCUT2D eigenvalue weighted by Gasteiger charge is -2.19. The molecule has 1 aromatic carbocycles. The Labute approximate surface area is 246 Å². The molecular formula is C29H35N8O2PS. The Bertz CT molecular complexity index is 1450. The number of amides is 2. The Kier molecular flexibility index (Phi) is 9.07. The van der Waals surface area contributed by atoms with Gasteiger partial charge in [0, 0.05) is 59.7 Å². The van der Waals surface area contributed by atoms with Crippen LogP contribution in [0.3, 0.4) is 0 Å². The molecule has 2 aliphatic rings. The number of benzene rings is 1. The highest BCUT2D eigenvalue weighted by atomic mass is 32.1. The third-order valence-electron chi connectivity index (χ3n) is 7.35. The molecule has 41 heavy (non-hydrogen) atoms. The van der Waals surface area contributed by atoms with Crippen molar-refractivity contribution >= 4 is 54.1 Å². The highest BCUT2D eigenvalue weighted by molar-refractivity contribution is 7.23. The molecule has 0 bridgehead atoms. The molecule has 4 N–H and O–H groups in total. The summed E-state index contributed by atoms with van der Waals surface area (Å²) in [5, 5.41) is 7.59. The Balaban J connectivity index is 1.21. The quantitative estimate of drug-likeness (QED) is 0.228. The number of nitrogen functional groups attached to an aromatic ring is 1. The predicted octanol–water partition coefficient (Wildman–Crippen LogP) is 3.70. The number of anilines is 3. The molecule has 0 spiro atoms. The number of likely N-dealkylation sites (N-methyl/N-ethyl adjacent to an activating group) is 1. The fourth-order valence-electron chi connectivity index (χ4n) is 4.75. The summed E-state index contributed by atoms with van der Waals surface area (Å²) in [5.74, 6) is 0.705. The van der Waals surface area contributed by atoms with Crippen LogP contribution in [-0.2, 0) is 11.2 Å². The summed E-state index contributed by atoms with van der Waals surface area (Å²) in [6, 6.07) is 7.89. The minimum atomic E-state index is -0.223. The van der Waals surface area contributed by atoms with E-state index in [0.29, 0.717) is 52.3 Å². The van der Waals surface area contributed by atoms with Crippen LogP contribution in [-0.4, -0.2) is 80.6 Å². The number of aryl methyl sites for hydroxylation is 1. The van der Waals surface area contributed by atoms with Gasteiger partial charge in [0.1, 0.15) is 18.0 Å². The second-order valence-corrected chi connectivity index (χ2v) is 12.0. The van der Waals surface area contributed by atoms with Crippen LogP contribution in [0.1, 0.15) is 52.5 Å². The predicted molar refractivity (Wildman–Crippen MR) is 167 cm³/mol. The molecule has 2 amide bonds. The van der Waals surface area contributed by atoms with Gasteiger partial charge in [-0.25, -0.2) is 15.0 Å². The minimum absolute atomic E-state index is 0.0260. The fourth-order valence-corrected chi connectivity index (χ4v) is 5.91. The molecule has 10 nitrogen and oxygen atoms in total. The first-order valence-corrected chi connectivity index (χ1v) is 15.1. The Morgan fingerprint density at radius 3 is 2.63 bits per heavy atom. The van der Waals surface area contributed by atoms with Gasteiger partial charge in [-0.05, 0) is 50.4 Å². The average Bonchev–Trinajstić information content (AvgIpc) is 3.56. The SMILES string of the molecule is CCc1cnc(NC(=O)c2ccc(C(=P)c3c(N)ncnc3NC3CCN(C(=O)/C=C/CN(C)C4CC4)C3)cc2)s1. The maximum atomic E-state index is 12.7. The lowest BCUT2D eigenvalue weighted by atomic mass is 10.0. The fraction of sp³-hybridized carbons (Fsp3) is 0.379. The number of nitrogens with zero attached hydrogens (tertiary/aromatic N) is 5. The van der Waals surface area contributed by atoms with Gasteiger partial charge in [-0.15, -0.1) is 20.2 Å². The van der Waals surface area contributed by atoms with Crippen LogP contribution in [0.4, 0.5) is 16.8 Å². The molecule has 12 heteroatoms. The first kappa shape index (κ1) is 28.9. The summed E-state index contributed by atoms with van der Waals surface area (Å²) in [5.41, 5.74) is 8.26. The number of hydrogen-bond acceptors (Lipinski definition) is 9. The number of thiazole rings is 1. The molecule has 3 aromatic rings. The lowest BCUT2D eigenvalue weighted by molar-refractivity contribution is -0.125. The smallest absolute Gasteiger partial charge is 0.257 e. The third kappa shape index (κ3) is 7.16. The van der Waals surface area contributed by atoms with Gasteiger partial charge in [-0.2, -0.15) is 0 Å². The molecule has 3 heterocycles. The number of hydrogen-bond donors (Lipinski definition) is 3. The summed E-state index contributed by atoms with van der Waals surface area (Å²) in [7, 11) is 5.85. The van der Waals surface area contributed by atoms with Crippen LogP contribution in [0.2, 0.25) is 0 Å². The van der Waals surface area contributed by atoms with Crippen LogP contribution < -0.4 is 16.4 Å². The molecule has 2 fully saturated rings. The minimum Gasteiger partial charge on any atom is -0.383 e. The maximum absolute atomic E-state index is 12.7.